The Morgan fingerprint density at radius 1 is 1.08 bits per heavy atom. The average Bonchev–Trinajstić information content (AvgIpc) is 3.40. The second kappa shape index (κ2) is 6.62. The van der Waals surface area contributed by atoms with Gasteiger partial charge >= 0.3 is 0 Å². The van der Waals surface area contributed by atoms with Gasteiger partial charge in [-0.05, 0) is 30.5 Å². The summed E-state index contributed by atoms with van der Waals surface area (Å²) in [5.74, 6) is 0.404. The van der Waals surface area contributed by atoms with Gasteiger partial charge in [-0.1, -0.05) is 55.1 Å². The van der Waals surface area contributed by atoms with Gasteiger partial charge in [-0.15, -0.1) is 0 Å². The summed E-state index contributed by atoms with van der Waals surface area (Å²) in [6.45, 7) is 3.66. The van der Waals surface area contributed by atoms with E-state index in [1.807, 2.05) is 30.3 Å². The molecule has 0 atom stereocenters. The Morgan fingerprint density at radius 3 is 2.33 bits per heavy atom. The minimum absolute atomic E-state index is 0.340. The number of anilines is 1. The molecule has 0 spiro atoms. The van der Waals surface area contributed by atoms with Gasteiger partial charge in [-0.2, -0.15) is 0 Å². The van der Waals surface area contributed by atoms with E-state index in [0.717, 1.165) is 24.0 Å². The first-order valence-corrected chi connectivity index (χ1v) is 7.90. The van der Waals surface area contributed by atoms with Crippen LogP contribution in [0.4, 0.5) is 5.69 Å². The smallest absolute Gasteiger partial charge is 0.238 e. The Morgan fingerprint density at radius 2 is 1.75 bits per heavy atom. The fourth-order valence-electron chi connectivity index (χ4n) is 2.55. The summed E-state index contributed by atoms with van der Waals surface area (Å²) < 4.78 is 6.26. The molecular formula is C20H21N3O. The third-order valence-corrected chi connectivity index (χ3v) is 4.05. The zero-order valence-electron chi connectivity index (χ0n) is 13.5. The largest absolute Gasteiger partial charge is 0.465 e. The Hall–Kier alpha value is -3.01. The van der Waals surface area contributed by atoms with Gasteiger partial charge in [-0.25, -0.2) is 4.99 Å². The van der Waals surface area contributed by atoms with Gasteiger partial charge in [0.15, 0.2) is 0 Å². The molecule has 3 rings (SSSR count). The topological polar surface area (TPSA) is 73.6 Å². The maximum Gasteiger partial charge on any atom is 0.238 e. The summed E-state index contributed by atoms with van der Waals surface area (Å²) in [7, 11) is 0. The van der Waals surface area contributed by atoms with Crippen molar-refractivity contribution in [3.8, 4) is 0 Å². The van der Waals surface area contributed by atoms with E-state index in [2.05, 4.69) is 23.7 Å². The van der Waals surface area contributed by atoms with E-state index in [-0.39, 0.29) is 5.60 Å². The van der Waals surface area contributed by atoms with Crippen LogP contribution < -0.4 is 11.5 Å². The standard InChI is InChI=1S/C20H21N3O/c1-2-14-23-19(18(22)15-8-10-17(21)11-9-15)24-20(12-13-20)16-6-4-3-5-7-16/h2-11,14H,1,12-13,21-22H2/b19-18+,23-14?. The fraction of sp³-hybridized carbons (Fsp3) is 0.150. The van der Waals surface area contributed by atoms with Crippen LogP contribution >= 0.6 is 0 Å². The highest BCUT2D eigenvalue weighted by atomic mass is 16.5. The lowest BCUT2D eigenvalue weighted by Gasteiger charge is -2.20. The van der Waals surface area contributed by atoms with Gasteiger partial charge in [0.1, 0.15) is 11.3 Å². The lowest BCUT2D eigenvalue weighted by atomic mass is 10.1. The lowest BCUT2D eigenvalue weighted by molar-refractivity contribution is 0.0922. The molecule has 0 amide bonds. The van der Waals surface area contributed by atoms with Crippen LogP contribution in [-0.2, 0) is 10.3 Å². The van der Waals surface area contributed by atoms with Crippen molar-refractivity contribution in [2.75, 3.05) is 5.73 Å². The maximum atomic E-state index is 6.31. The molecule has 2 aromatic carbocycles. The van der Waals surface area contributed by atoms with Crippen molar-refractivity contribution in [1.29, 1.82) is 0 Å². The summed E-state index contributed by atoms with van der Waals surface area (Å²) in [6.07, 6.45) is 5.07. The average molecular weight is 319 g/mol. The van der Waals surface area contributed by atoms with Crippen LogP contribution in [0.15, 0.2) is 78.1 Å². The van der Waals surface area contributed by atoms with Crippen molar-refractivity contribution in [3.05, 3.63) is 84.3 Å². The molecule has 4 nitrogen and oxygen atoms in total. The predicted molar refractivity (Wildman–Crippen MR) is 99.1 cm³/mol. The second-order valence-corrected chi connectivity index (χ2v) is 5.82. The number of nitrogens with two attached hydrogens (primary N) is 2. The molecule has 0 heterocycles. The maximum absolute atomic E-state index is 6.31. The Kier molecular flexibility index (Phi) is 4.38. The molecule has 0 unspecified atom stereocenters. The molecule has 0 aromatic heterocycles. The van der Waals surface area contributed by atoms with Crippen molar-refractivity contribution in [3.63, 3.8) is 0 Å². The normalized spacial score (nSPS) is 16.5. The Labute approximate surface area is 142 Å². The van der Waals surface area contributed by atoms with Crippen LogP contribution in [0.1, 0.15) is 24.0 Å². The summed E-state index contributed by atoms with van der Waals surface area (Å²) in [5.41, 5.74) is 14.8. The minimum atomic E-state index is -0.340. The number of allylic oxidation sites excluding steroid dienone is 1. The summed E-state index contributed by atoms with van der Waals surface area (Å²) in [5, 5.41) is 0. The number of rotatable bonds is 6. The number of nitrogens with zero attached hydrogens (tertiary/aromatic N) is 1. The van der Waals surface area contributed by atoms with Gasteiger partial charge in [0.25, 0.3) is 0 Å². The zero-order valence-corrected chi connectivity index (χ0v) is 13.5. The predicted octanol–water partition coefficient (Wildman–Crippen LogP) is 3.82. The number of aliphatic imine (C=N–C) groups is 1. The molecule has 1 fully saturated rings. The number of ether oxygens (including phenoxy) is 1. The van der Waals surface area contributed by atoms with Crippen LogP contribution in [0.5, 0.6) is 0 Å². The van der Waals surface area contributed by atoms with E-state index in [1.165, 1.54) is 0 Å². The molecule has 1 aliphatic rings. The van der Waals surface area contributed by atoms with E-state index in [1.54, 1.807) is 24.4 Å². The minimum Gasteiger partial charge on any atom is -0.465 e. The van der Waals surface area contributed by atoms with E-state index in [0.29, 0.717) is 17.3 Å². The number of benzene rings is 2. The van der Waals surface area contributed by atoms with Crippen LogP contribution in [0.25, 0.3) is 5.70 Å². The van der Waals surface area contributed by atoms with E-state index in [9.17, 15) is 0 Å². The van der Waals surface area contributed by atoms with E-state index in [4.69, 9.17) is 16.2 Å². The van der Waals surface area contributed by atoms with Crippen molar-refractivity contribution < 1.29 is 4.74 Å². The van der Waals surface area contributed by atoms with Crippen molar-refractivity contribution in [2.45, 2.75) is 18.4 Å². The van der Waals surface area contributed by atoms with Crippen LogP contribution in [0.2, 0.25) is 0 Å². The number of hydrogen-bond donors (Lipinski definition) is 2. The second-order valence-electron chi connectivity index (χ2n) is 5.82. The van der Waals surface area contributed by atoms with E-state index >= 15 is 0 Å². The van der Waals surface area contributed by atoms with Crippen molar-refractivity contribution in [2.24, 2.45) is 10.7 Å². The molecule has 0 radical (unpaired) electrons. The van der Waals surface area contributed by atoms with Crippen LogP contribution in [0, 0.1) is 0 Å². The fourth-order valence-corrected chi connectivity index (χ4v) is 2.55. The summed E-state index contributed by atoms with van der Waals surface area (Å²) in [6, 6.07) is 17.5. The third-order valence-electron chi connectivity index (χ3n) is 4.05. The molecule has 4 N–H and O–H groups in total. The van der Waals surface area contributed by atoms with Gasteiger partial charge in [0, 0.05) is 17.5 Å². The van der Waals surface area contributed by atoms with Crippen molar-refractivity contribution >= 4 is 17.6 Å². The highest BCUT2D eigenvalue weighted by molar-refractivity contribution is 5.74. The lowest BCUT2D eigenvalue weighted by Crippen LogP contribution is -2.14. The molecule has 122 valence electrons. The van der Waals surface area contributed by atoms with Gasteiger partial charge in [0.2, 0.25) is 5.88 Å². The molecule has 24 heavy (non-hydrogen) atoms. The molecule has 2 aromatic rings. The van der Waals surface area contributed by atoms with Gasteiger partial charge < -0.3 is 16.2 Å². The highest BCUT2D eigenvalue weighted by Crippen LogP contribution is 2.51. The van der Waals surface area contributed by atoms with Crippen LogP contribution in [-0.4, -0.2) is 6.21 Å². The van der Waals surface area contributed by atoms with E-state index < -0.39 is 0 Å². The molecule has 0 aliphatic heterocycles. The zero-order chi connectivity index (χ0) is 17.0. The third kappa shape index (κ3) is 3.33. The quantitative estimate of drug-likeness (QED) is 0.483. The number of nitrogen functional groups attached to an aromatic ring is 1. The molecule has 0 bridgehead atoms. The highest BCUT2D eigenvalue weighted by Gasteiger charge is 2.48. The Balaban J connectivity index is 1.95. The van der Waals surface area contributed by atoms with Gasteiger partial charge in [-0.3, -0.25) is 0 Å². The molecule has 0 saturated heterocycles. The first kappa shape index (κ1) is 15.9. The first-order valence-electron chi connectivity index (χ1n) is 7.90. The summed E-state index contributed by atoms with van der Waals surface area (Å²) >= 11 is 0. The molecule has 1 saturated carbocycles. The van der Waals surface area contributed by atoms with Crippen LogP contribution in [0.3, 0.4) is 0 Å². The molecule has 1 aliphatic carbocycles. The number of hydrogen-bond acceptors (Lipinski definition) is 4. The summed E-state index contributed by atoms with van der Waals surface area (Å²) in [4.78, 5) is 4.35. The SMILES string of the molecule is C=CC=N/C(OC1(c2ccccc2)CC1)=C(\N)c1ccc(N)cc1. The monoisotopic (exact) mass is 319 g/mol. The molecular weight excluding hydrogens is 298 g/mol. The van der Waals surface area contributed by atoms with Crippen molar-refractivity contribution in [1.82, 2.24) is 0 Å². The van der Waals surface area contributed by atoms with Gasteiger partial charge in [0.05, 0.1) is 0 Å². The molecule has 4 heteroatoms. The Bertz CT molecular complexity index is 772. The first-order chi connectivity index (χ1) is 11.6.